The van der Waals surface area contributed by atoms with Crippen LogP contribution in [-0.2, 0) is 10.1 Å². The Morgan fingerprint density at radius 1 is 1.14 bits per heavy atom. The van der Waals surface area contributed by atoms with Gasteiger partial charge in [-0.1, -0.05) is 18.2 Å². The summed E-state index contributed by atoms with van der Waals surface area (Å²) in [7, 11) is -3.84. The van der Waals surface area contributed by atoms with Crippen LogP contribution >= 0.6 is 0 Å². The van der Waals surface area contributed by atoms with Crippen molar-refractivity contribution < 1.29 is 17.1 Å². The van der Waals surface area contributed by atoms with E-state index in [2.05, 4.69) is 0 Å². The van der Waals surface area contributed by atoms with Gasteiger partial charge in [-0.25, -0.2) is 4.39 Å². The molecule has 2 rings (SSSR count). The summed E-state index contributed by atoms with van der Waals surface area (Å²) < 4.78 is 40.7. The molecule has 0 spiro atoms. The number of halogens is 1. The first-order chi connectivity index (χ1) is 10.2. The second-order valence-electron chi connectivity index (χ2n) is 4.75. The first kappa shape index (κ1) is 16.0. The van der Waals surface area contributed by atoms with Gasteiger partial charge in [-0.05, 0) is 42.3 Å². The van der Waals surface area contributed by atoms with E-state index in [4.69, 9.17) is 4.28 Å². The van der Waals surface area contributed by atoms with E-state index in [1.54, 1.807) is 31.2 Å². The van der Waals surface area contributed by atoms with Crippen molar-refractivity contribution >= 4 is 22.3 Å². The van der Waals surface area contributed by atoms with E-state index < -0.39 is 15.7 Å². The number of pyridine rings is 1. The molecule has 1 aromatic carbocycles. The second kappa shape index (κ2) is 6.15. The van der Waals surface area contributed by atoms with Crippen molar-refractivity contribution in [3.63, 3.8) is 0 Å². The van der Waals surface area contributed by atoms with Crippen molar-refractivity contribution in [2.75, 3.05) is 6.26 Å². The Morgan fingerprint density at radius 2 is 1.77 bits per heavy atom. The zero-order chi connectivity index (χ0) is 16.3. The second-order valence-corrected chi connectivity index (χ2v) is 6.31. The summed E-state index contributed by atoms with van der Waals surface area (Å²) >= 11 is 0. The molecule has 7 heteroatoms. The number of hydrogen-bond acceptors (Lipinski definition) is 4. The summed E-state index contributed by atoms with van der Waals surface area (Å²) in [5.74, 6) is -0.356. The fraction of sp³-hybridized carbons (Fsp3) is 0.133. The quantitative estimate of drug-likeness (QED) is 0.861. The summed E-state index contributed by atoms with van der Waals surface area (Å²) in [6.45, 7) is 1.71. The predicted octanol–water partition coefficient (Wildman–Crippen LogP) is 1.85. The van der Waals surface area contributed by atoms with Gasteiger partial charge < -0.3 is 0 Å². The van der Waals surface area contributed by atoms with Crippen LogP contribution in [0.25, 0.3) is 12.2 Å². The Labute approximate surface area is 127 Å². The van der Waals surface area contributed by atoms with Gasteiger partial charge in [-0.15, -0.1) is 4.73 Å². The predicted molar refractivity (Wildman–Crippen MR) is 82.2 cm³/mol. The molecular weight excluding hydrogens is 309 g/mol. The summed E-state index contributed by atoms with van der Waals surface area (Å²) in [5, 5.41) is 0. The van der Waals surface area contributed by atoms with Gasteiger partial charge in [0.05, 0.1) is 11.9 Å². The van der Waals surface area contributed by atoms with Crippen LogP contribution in [0.4, 0.5) is 4.39 Å². The van der Waals surface area contributed by atoms with Crippen molar-refractivity contribution in [1.29, 1.82) is 0 Å². The van der Waals surface area contributed by atoms with Crippen molar-refractivity contribution in [3.05, 3.63) is 69.4 Å². The first-order valence-corrected chi connectivity index (χ1v) is 8.13. The Hall–Kier alpha value is -2.41. The Morgan fingerprint density at radius 3 is 2.36 bits per heavy atom. The van der Waals surface area contributed by atoms with E-state index in [-0.39, 0.29) is 11.5 Å². The summed E-state index contributed by atoms with van der Waals surface area (Å²) in [6.07, 6.45) is 4.00. The number of hydrogen-bond donors (Lipinski definition) is 0. The molecule has 22 heavy (non-hydrogen) atoms. The highest BCUT2D eigenvalue weighted by Gasteiger charge is 2.10. The monoisotopic (exact) mass is 323 g/mol. The third-order valence-corrected chi connectivity index (χ3v) is 3.11. The summed E-state index contributed by atoms with van der Waals surface area (Å²) in [5.41, 5.74) is 1.03. The van der Waals surface area contributed by atoms with Crippen molar-refractivity contribution in [1.82, 2.24) is 4.73 Å². The van der Waals surface area contributed by atoms with Crippen LogP contribution < -0.4 is 9.84 Å². The van der Waals surface area contributed by atoms with E-state index >= 15 is 0 Å². The zero-order valence-electron chi connectivity index (χ0n) is 12.0. The highest BCUT2D eigenvalue weighted by atomic mass is 32.2. The normalized spacial score (nSPS) is 11.8. The molecule has 0 aliphatic heterocycles. The van der Waals surface area contributed by atoms with Gasteiger partial charge in [0.2, 0.25) is 0 Å². The van der Waals surface area contributed by atoms with E-state index in [0.29, 0.717) is 15.9 Å². The van der Waals surface area contributed by atoms with Gasteiger partial charge in [0, 0.05) is 6.07 Å². The molecule has 116 valence electrons. The zero-order valence-corrected chi connectivity index (χ0v) is 12.8. The topological polar surface area (TPSA) is 65.4 Å². The molecule has 0 radical (unpaired) electrons. The molecular formula is C15H14FNO4S. The molecule has 0 unspecified atom stereocenters. The van der Waals surface area contributed by atoms with Gasteiger partial charge in [-0.2, -0.15) is 8.42 Å². The van der Waals surface area contributed by atoms with Crippen LogP contribution in [0.1, 0.15) is 16.8 Å². The number of nitrogens with zero attached hydrogens (tertiary/aromatic N) is 1. The fourth-order valence-corrected chi connectivity index (χ4v) is 2.23. The summed E-state index contributed by atoms with van der Waals surface area (Å²) in [4.78, 5) is 11.9. The molecule has 1 aromatic heterocycles. The van der Waals surface area contributed by atoms with Crippen LogP contribution in [0.3, 0.4) is 0 Å². The van der Waals surface area contributed by atoms with Crippen LogP contribution in [0.5, 0.6) is 0 Å². The average Bonchev–Trinajstić information content (AvgIpc) is 2.40. The molecule has 0 amide bonds. The lowest BCUT2D eigenvalue weighted by Crippen LogP contribution is -2.31. The van der Waals surface area contributed by atoms with E-state index in [0.717, 1.165) is 6.26 Å². The average molecular weight is 323 g/mol. The van der Waals surface area contributed by atoms with Gasteiger partial charge in [0.1, 0.15) is 5.82 Å². The molecule has 0 aliphatic rings. The maximum absolute atomic E-state index is 12.8. The molecule has 0 bridgehead atoms. The van der Waals surface area contributed by atoms with Crippen LogP contribution in [0.15, 0.2) is 41.2 Å². The van der Waals surface area contributed by atoms with E-state index in [1.165, 1.54) is 24.3 Å². The molecule has 2 aromatic rings. The first-order valence-electron chi connectivity index (χ1n) is 6.32. The van der Waals surface area contributed by atoms with Crippen molar-refractivity contribution in [3.8, 4) is 0 Å². The lowest BCUT2D eigenvalue weighted by Gasteiger charge is -2.09. The SMILES string of the molecule is Cc1cc(/C=C/c2ccc(F)cc2)n(OS(C)(=O)=O)c(=O)c1. The van der Waals surface area contributed by atoms with Crippen LogP contribution in [-0.4, -0.2) is 19.4 Å². The molecule has 0 fully saturated rings. The number of aryl methyl sites for hydroxylation is 1. The maximum Gasteiger partial charge on any atom is 0.324 e. The van der Waals surface area contributed by atoms with E-state index in [9.17, 15) is 17.6 Å². The standard InChI is InChI=1S/C15H14FNO4S/c1-11-9-14(8-5-12-3-6-13(16)7-4-12)17(15(18)10-11)21-22(2,19)20/h3-10H,1-2H3/b8-5+. The smallest absolute Gasteiger partial charge is 0.284 e. The molecule has 0 saturated carbocycles. The molecule has 0 N–H and O–H groups in total. The van der Waals surface area contributed by atoms with Gasteiger partial charge >= 0.3 is 10.1 Å². The van der Waals surface area contributed by atoms with Crippen molar-refractivity contribution in [2.24, 2.45) is 0 Å². The molecule has 1 heterocycles. The third kappa shape index (κ3) is 4.29. The number of rotatable bonds is 4. The van der Waals surface area contributed by atoms with Crippen LogP contribution in [0, 0.1) is 12.7 Å². The minimum atomic E-state index is -3.84. The number of aromatic nitrogens is 1. The Balaban J connectivity index is 2.45. The Kier molecular flexibility index (Phi) is 4.46. The van der Waals surface area contributed by atoms with Crippen molar-refractivity contribution in [2.45, 2.75) is 6.92 Å². The third-order valence-electron chi connectivity index (χ3n) is 2.69. The molecule has 0 atom stereocenters. The highest BCUT2D eigenvalue weighted by Crippen LogP contribution is 2.09. The Bertz CT molecular complexity index is 867. The largest absolute Gasteiger partial charge is 0.324 e. The van der Waals surface area contributed by atoms with E-state index in [1.807, 2.05) is 0 Å². The minimum absolute atomic E-state index is 0.264. The summed E-state index contributed by atoms with van der Waals surface area (Å²) in [6, 6.07) is 8.59. The van der Waals surface area contributed by atoms with Gasteiger partial charge in [0.15, 0.2) is 0 Å². The van der Waals surface area contributed by atoms with Gasteiger partial charge in [0.25, 0.3) is 5.56 Å². The van der Waals surface area contributed by atoms with Crippen LogP contribution in [0.2, 0.25) is 0 Å². The molecule has 5 nitrogen and oxygen atoms in total. The lowest BCUT2D eigenvalue weighted by molar-refractivity contribution is 0.267. The molecule has 0 saturated heterocycles. The lowest BCUT2D eigenvalue weighted by atomic mass is 10.2. The number of benzene rings is 1. The minimum Gasteiger partial charge on any atom is -0.284 e. The maximum atomic E-state index is 12.8. The van der Waals surface area contributed by atoms with Gasteiger partial charge in [-0.3, -0.25) is 9.08 Å². The highest BCUT2D eigenvalue weighted by molar-refractivity contribution is 7.86. The fourth-order valence-electron chi connectivity index (χ4n) is 1.80. The molecule has 0 aliphatic carbocycles.